The van der Waals surface area contributed by atoms with Gasteiger partial charge in [0.1, 0.15) is 0 Å². The molecule has 2 heterocycles. The van der Waals surface area contributed by atoms with Crippen molar-refractivity contribution in [1.29, 1.82) is 0 Å². The first kappa shape index (κ1) is 21.8. The van der Waals surface area contributed by atoms with Gasteiger partial charge in [-0.3, -0.25) is 0 Å². The van der Waals surface area contributed by atoms with Crippen molar-refractivity contribution >= 4 is 22.2 Å². The molecule has 0 spiro atoms. The third-order valence-electron chi connectivity index (χ3n) is 7.70. The van der Waals surface area contributed by atoms with Gasteiger partial charge in [0.2, 0.25) is 0 Å². The molecule has 0 bridgehead atoms. The summed E-state index contributed by atoms with van der Waals surface area (Å²) in [5.41, 5.74) is 22.4. The molecule has 4 aromatic carbocycles. The number of aromatic nitrogens is 3. The summed E-state index contributed by atoms with van der Waals surface area (Å²) < 4.78 is 1.90. The highest BCUT2D eigenvalue weighted by Crippen LogP contribution is 2.40. The lowest BCUT2D eigenvalue weighted by molar-refractivity contribution is 0.253. The first-order valence-electron chi connectivity index (χ1n) is 12.7. The van der Waals surface area contributed by atoms with Gasteiger partial charge in [-0.1, -0.05) is 72.8 Å². The van der Waals surface area contributed by atoms with Gasteiger partial charge in [0.25, 0.3) is 0 Å². The summed E-state index contributed by atoms with van der Waals surface area (Å²) >= 11 is 0. The van der Waals surface area contributed by atoms with Gasteiger partial charge in [0.15, 0.2) is 5.65 Å². The standard InChI is InChI=1S/C32H27N5/c33-26-14-9-21(10-15-26)24-11-16-29-27(19-24)31-35-30(23-7-12-25(13-8-23)32(34)17-4-18-32)28(20-37(31)36-29)22-5-2-1-3-6-22/h1-3,5-16,19-20H,4,17-18,33-34H2. The zero-order chi connectivity index (χ0) is 25.0. The molecule has 1 fully saturated rings. The lowest BCUT2D eigenvalue weighted by Crippen LogP contribution is -2.43. The molecule has 0 aliphatic heterocycles. The van der Waals surface area contributed by atoms with E-state index in [-0.39, 0.29) is 5.54 Å². The molecule has 1 aliphatic carbocycles. The van der Waals surface area contributed by atoms with Gasteiger partial charge in [0, 0.05) is 33.9 Å². The molecule has 180 valence electrons. The van der Waals surface area contributed by atoms with E-state index in [1.165, 1.54) is 12.0 Å². The minimum absolute atomic E-state index is 0.182. The zero-order valence-corrected chi connectivity index (χ0v) is 20.4. The highest BCUT2D eigenvalue weighted by Gasteiger charge is 2.34. The van der Waals surface area contributed by atoms with E-state index < -0.39 is 0 Å². The SMILES string of the molecule is Nc1ccc(-c2ccc3nn4cc(-c5ccccc5)c(-c5ccc(C6(N)CCC6)cc5)nc4c3c2)cc1. The van der Waals surface area contributed by atoms with Crippen LogP contribution in [-0.4, -0.2) is 14.6 Å². The van der Waals surface area contributed by atoms with Crippen molar-refractivity contribution in [2.75, 3.05) is 5.73 Å². The van der Waals surface area contributed by atoms with Gasteiger partial charge in [-0.15, -0.1) is 0 Å². The van der Waals surface area contributed by atoms with E-state index in [0.29, 0.717) is 0 Å². The molecule has 7 rings (SSSR count). The van der Waals surface area contributed by atoms with Gasteiger partial charge in [0.05, 0.1) is 11.2 Å². The van der Waals surface area contributed by atoms with E-state index in [0.717, 1.165) is 68.6 Å². The largest absolute Gasteiger partial charge is 0.399 e. The zero-order valence-electron chi connectivity index (χ0n) is 20.4. The Labute approximate surface area is 215 Å². The maximum absolute atomic E-state index is 6.59. The van der Waals surface area contributed by atoms with Crippen LogP contribution >= 0.6 is 0 Å². The predicted molar refractivity (Wildman–Crippen MR) is 151 cm³/mol. The van der Waals surface area contributed by atoms with Crippen molar-refractivity contribution in [2.24, 2.45) is 5.73 Å². The van der Waals surface area contributed by atoms with E-state index in [1.807, 2.05) is 34.8 Å². The van der Waals surface area contributed by atoms with Gasteiger partial charge in [-0.05, 0) is 65.8 Å². The summed E-state index contributed by atoms with van der Waals surface area (Å²) in [7, 11) is 0. The van der Waals surface area contributed by atoms with Crippen molar-refractivity contribution in [2.45, 2.75) is 24.8 Å². The minimum atomic E-state index is -0.182. The van der Waals surface area contributed by atoms with Crippen LogP contribution in [0.5, 0.6) is 0 Å². The molecule has 1 aliphatic rings. The number of hydrogen-bond donors (Lipinski definition) is 2. The minimum Gasteiger partial charge on any atom is -0.399 e. The second-order valence-electron chi connectivity index (χ2n) is 10.1. The fraction of sp³-hybridized carbons (Fsp3) is 0.125. The van der Waals surface area contributed by atoms with Crippen LogP contribution in [0.15, 0.2) is 103 Å². The summed E-state index contributed by atoms with van der Waals surface area (Å²) in [4.78, 5) is 5.23. The van der Waals surface area contributed by atoms with Crippen LogP contribution in [0.4, 0.5) is 5.69 Å². The molecular weight excluding hydrogens is 454 g/mol. The van der Waals surface area contributed by atoms with Crippen LogP contribution in [0, 0.1) is 0 Å². The third kappa shape index (κ3) is 3.67. The molecule has 0 atom stereocenters. The van der Waals surface area contributed by atoms with Crippen LogP contribution in [-0.2, 0) is 5.54 Å². The number of benzene rings is 4. The number of nitrogen functional groups attached to an aromatic ring is 1. The maximum Gasteiger partial charge on any atom is 0.163 e. The Bertz CT molecular complexity index is 1750. The second-order valence-corrected chi connectivity index (χ2v) is 10.1. The molecule has 0 amide bonds. The Balaban J connectivity index is 1.42. The molecule has 0 unspecified atom stereocenters. The number of fused-ring (bicyclic) bond motifs is 3. The lowest BCUT2D eigenvalue weighted by Gasteiger charge is -2.38. The maximum atomic E-state index is 6.59. The average molecular weight is 482 g/mol. The average Bonchev–Trinajstić information content (AvgIpc) is 3.29. The first-order chi connectivity index (χ1) is 18.1. The van der Waals surface area contributed by atoms with Gasteiger partial charge >= 0.3 is 0 Å². The Morgan fingerprint density at radius 2 is 1.43 bits per heavy atom. The molecule has 37 heavy (non-hydrogen) atoms. The van der Waals surface area contributed by atoms with Gasteiger partial charge in [-0.2, -0.15) is 5.10 Å². The van der Waals surface area contributed by atoms with E-state index in [2.05, 4.69) is 72.9 Å². The normalized spacial score (nSPS) is 14.6. The molecule has 5 nitrogen and oxygen atoms in total. The van der Waals surface area contributed by atoms with Crippen LogP contribution in [0.2, 0.25) is 0 Å². The second kappa shape index (κ2) is 8.29. The number of nitrogens with two attached hydrogens (primary N) is 2. The highest BCUT2D eigenvalue weighted by molar-refractivity contribution is 5.97. The number of rotatable bonds is 4. The molecule has 6 aromatic rings. The van der Waals surface area contributed by atoms with Crippen LogP contribution in [0.25, 0.3) is 50.1 Å². The van der Waals surface area contributed by atoms with Crippen LogP contribution in [0.1, 0.15) is 24.8 Å². The predicted octanol–water partition coefficient (Wildman–Crippen LogP) is 6.80. The van der Waals surface area contributed by atoms with Crippen molar-refractivity contribution in [3.8, 4) is 33.5 Å². The van der Waals surface area contributed by atoms with E-state index in [9.17, 15) is 0 Å². The topological polar surface area (TPSA) is 82.2 Å². The molecule has 0 radical (unpaired) electrons. The highest BCUT2D eigenvalue weighted by atomic mass is 15.2. The van der Waals surface area contributed by atoms with Crippen LogP contribution < -0.4 is 11.5 Å². The molecule has 2 aromatic heterocycles. The monoisotopic (exact) mass is 481 g/mol. The quantitative estimate of drug-likeness (QED) is 0.271. The fourth-order valence-electron chi connectivity index (χ4n) is 5.35. The van der Waals surface area contributed by atoms with E-state index in [1.54, 1.807) is 0 Å². The smallest absolute Gasteiger partial charge is 0.163 e. The molecule has 4 N–H and O–H groups in total. The fourth-order valence-corrected chi connectivity index (χ4v) is 5.35. The molecular formula is C32H27N5. The van der Waals surface area contributed by atoms with Crippen molar-refractivity contribution in [3.63, 3.8) is 0 Å². The molecule has 5 heteroatoms. The van der Waals surface area contributed by atoms with Gasteiger partial charge in [-0.25, -0.2) is 9.50 Å². The van der Waals surface area contributed by atoms with Crippen LogP contribution in [0.3, 0.4) is 0 Å². The summed E-state index contributed by atoms with van der Waals surface area (Å²) in [6, 6.07) is 33.3. The Hall–Kier alpha value is -4.48. The summed E-state index contributed by atoms with van der Waals surface area (Å²) in [5, 5.41) is 5.88. The van der Waals surface area contributed by atoms with Crippen molar-refractivity contribution in [3.05, 3.63) is 109 Å². The van der Waals surface area contributed by atoms with Gasteiger partial charge < -0.3 is 11.5 Å². The number of anilines is 1. The Morgan fingerprint density at radius 3 is 2.14 bits per heavy atom. The Kier molecular flexibility index (Phi) is 4.88. The molecule has 1 saturated carbocycles. The van der Waals surface area contributed by atoms with E-state index in [4.69, 9.17) is 21.5 Å². The Morgan fingerprint density at radius 1 is 0.730 bits per heavy atom. The third-order valence-corrected chi connectivity index (χ3v) is 7.70. The summed E-state index contributed by atoms with van der Waals surface area (Å²) in [5.74, 6) is 0. The number of hydrogen-bond acceptors (Lipinski definition) is 4. The first-order valence-corrected chi connectivity index (χ1v) is 12.7. The lowest BCUT2D eigenvalue weighted by atomic mass is 9.72. The summed E-state index contributed by atoms with van der Waals surface area (Å²) in [6.45, 7) is 0. The van der Waals surface area contributed by atoms with Crippen molar-refractivity contribution in [1.82, 2.24) is 14.6 Å². The summed E-state index contributed by atoms with van der Waals surface area (Å²) in [6.07, 6.45) is 5.38. The van der Waals surface area contributed by atoms with Crippen molar-refractivity contribution < 1.29 is 0 Å². The van der Waals surface area contributed by atoms with E-state index >= 15 is 0 Å². The number of nitrogens with zero attached hydrogens (tertiary/aromatic N) is 3. The molecule has 0 saturated heterocycles.